The number of terminal acetylenes is 1. The molecule has 0 amide bonds. The summed E-state index contributed by atoms with van der Waals surface area (Å²) >= 11 is 0. The molecule has 1 atom stereocenters. The number of rotatable bonds is 3. The van der Waals surface area contributed by atoms with Crippen LogP contribution < -0.4 is 5.32 Å². The second kappa shape index (κ2) is 4.83. The van der Waals surface area contributed by atoms with Gasteiger partial charge >= 0.3 is 0 Å². The maximum Gasteiger partial charge on any atom is 0.0660 e. The fraction of sp³-hybridized carbons (Fsp3) is 0.385. The molecular formula is C13H17N. The van der Waals surface area contributed by atoms with Crippen LogP contribution in [-0.2, 0) is 6.54 Å². The van der Waals surface area contributed by atoms with E-state index in [4.69, 9.17) is 6.42 Å². The summed E-state index contributed by atoms with van der Waals surface area (Å²) in [4.78, 5) is 0. The molecule has 0 aromatic heterocycles. The monoisotopic (exact) mass is 187 g/mol. The fourth-order valence-electron chi connectivity index (χ4n) is 1.31. The normalized spacial score (nSPS) is 12.1. The van der Waals surface area contributed by atoms with Crippen molar-refractivity contribution in [1.82, 2.24) is 5.32 Å². The third kappa shape index (κ3) is 2.90. The quantitative estimate of drug-likeness (QED) is 0.717. The molecule has 0 aliphatic heterocycles. The van der Waals surface area contributed by atoms with E-state index in [0.29, 0.717) is 0 Å². The Morgan fingerprint density at radius 2 is 2.14 bits per heavy atom. The second-order valence-electron chi connectivity index (χ2n) is 3.70. The lowest BCUT2D eigenvalue weighted by molar-refractivity contribution is 0.646. The number of aryl methyl sites for hydroxylation is 2. The SMILES string of the molecule is C#CC(C)NCc1cc(C)ccc1C. The summed E-state index contributed by atoms with van der Waals surface area (Å²) in [6, 6.07) is 6.61. The van der Waals surface area contributed by atoms with Gasteiger partial charge in [-0.25, -0.2) is 0 Å². The molecule has 1 aromatic rings. The average Bonchev–Trinajstić information content (AvgIpc) is 2.19. The van der Waals surface area contributed by atoms with Crippen LogP contribution in [0.5, 0.6) is 0 Å². The van der Waals surface area contributed by atoms with Gasteiger partial charge in [-0.3, -0.25) is 5.32 Å². The Kier molecular flexibility index (Phi) is 3.73. The van der Waals surface area contributed by atoms with Crippen LogP contribution in [0.15, 0.2) is 18.2 Å². The second-order valence-corrected chi connectivity index (χ2v) is 3.70. The van der Waals surface area contributed by atoms with Gasteiger partial charge in [0.2, 0.25) is 0 Å². The molecule has 14 heavy (non-hydrogen) atoms. The first-order chi connectivity index (χ1) is 6.63. The summed E-state index contributed by atoms with van der Waals surface area (Å²) in [6.45, 7) is 7.06. The van der Waals surface area contributed by atoms with Crippen molar-refractivity contribution in [2.75, 3.05) is 0 Å². The van der Waals surface area contributed by atoms with Crippen LogP contribution in [0.25, 0.3) is 0 Å². The minimum Gasteiger partial charge on any atom is -0.300 e. The Morgan fingerprint density at radius 3 is 2.79 bits per heavy atom. The van der Waals surface area contributed by atoms with Crippen LogP contribution in [0.1, 0.15) is 23.6 Å². The molecule has 0 saturated carbocycles. The fourth-order valence-corrected chi connectivity index (χ4v) is 1.31. The summed E-state index contributed by atoms with van der Waals surface area (Å²) < 4.78 is 0. The summed E-state index contributed by atoms with van der Waals surface area (Å²) in [6.07, 6.45) is 5.29. The molecule has 1 unspecified atom stereocenters. The summed E-state index contributed by atoms with van der Waals surface area (Å²) in [5.41, 5.74) is 3.93. The van der Waals surface area contributed by atoms with Crippen molar-refractivity contribution >= 4 is 0 Å². The Morgan fingerprint density at radius 1 is 1.43 bits per heavy atom. The molecule has 1 heteroatoms. The van der Waals surface area contributed by atoms with Gasteiger partial charge in [0.05, 0.1) is 6.04 Å². The van der Waals surface area contributed by atoms with E-state index >= 15 is 0 Å². The van der Waals surface area contributed by atoms with Crippen LogP contribution in [0.2, 0.25) is 0 Å². The van der Waals surface area contributed by atoms with Crippen molar-refractivity contribution in [3.8, 4) is 12.3 Å². The van der Waals surface area contributed by atoms with Gasteiger partial charge in [0.15, 0.2) is 0 Å². The van der Waals surface area contributed by atoms with Gasteiger partial charge in [0.1, 0.15) is 0 Å². The number of hydrogen-bond acceptors (Lipinski definition) is 1. The van der Waals surface area contributed by atoms with E-state index in [1.807, 2.05) is 6.92 Å². The molecule has 1 aromatic carbocycles. The molecule has 1 nitrogen and oxygen atoms in total. The van der Waals surface area contributed by atoms with Crippen molar-refractivity contribution in [2.24, 2.45) is 0 Å². The highest BCUT2D eigenvalue weighted by Gasteiger charge is 2.00. The largest absolute Gasteiger partial charge is 0.300 e. The van der Waals surface area contributed by atoms with Gasteiger partial charge < -0.3 is 0 Å². The van der Waals surface area contributed by atoms with Crippen molar-refractivity contribution in [3.63, 3.8) is 0 Å². The third-order valence-electron chi connectivity index (χ3n) is 2.35. The van der Waals surface area contributed by atoms with Crippen LogP contribution in [0, 0.1) is 26.2 Å². The third-order valence-corrected chi connectivity index (χ3v) is 2.35. The molecule has 0 saturated heterocycles. The predicted molar refractivity (Wildman–Crippen MR) is 61.1 cm³/mol. The summed E-state index contributed by atoms with van der Waals surface area (Å²) in [5, 5.41) is 3.28. The predicted octanol–water partition coefficient (Wildman–Crippen LogP) is 2.41. The van der Waals surface area contributed by atoms with Crippen molar-refractivity contribution in [3.05, 3.63) is 34.9 Å². The zero-order chi connectivity index (χ0) is 10.6. The standard InChI is InChI=1S/C13H17N/c1-5-12(4)14-9-13-8-10(2)6-7-11(13)3/h1,6-8,12,14H,9H2,2-4H3. The van der Waals surface area contributed by atoms with Crippen LogP contribution >= 0.6 is 0 Å². The van der Waals surface area contributed by atoms with Crippen LogP contribution in [-0.4, -0.2) is 6.04 Å². The molecular weight excluding hydrogens is 170 g/mol. The van der Waals surface area contributed by atoms with Gasteiger partial charge in [-0.2, -0.15) is 0 Å². The Bertz CT molecular complexity index is 347. The molecule has 0 bridgehead atoms. The molecule has 0 spiro atoms. The zero-order valence-corrected chi connectivity index (χ0v) is 9.09. The average molecular weight is 187 g/mol. The molecule has 0 fully saturated rings. The van der Waals surface area contributed by atoms with Gasteiger partial charge in [-0.1, -0.05) is 29.7 Å². The van der Waals surface area contributed by atoms with E-state index in [0.717, 1.165) is 6.54 Å². The number of benzene rings is 1. The van der Waals surface area contributed by atoms with Crippen LogP contribution in [0.4, 0.5) is 0 Å². The van der Waals surface area contributed by atoms with E-state index < -0.39 is 0 Å². The Hall–Kier alpha value is -1.26. The first kappa shape index (κ1) is 10.8. The lowest BCUT2D eigenvalue weighted by Gasteiger charge is -2.10. The summed E-state index contributed by atoms with van der Waals surface area (Å²) in [5.74, 6) is 2.66. The highest BCUT2D eigenvalue weighted by Crippen LogP contribution is 2.10. The van der Waals surface area contributed by atoms with E-state index in [1.54, 1.807) is 0 Å². The molecule has 1 rings (SSSR count). The Balaban J connectivity index is 2.67. The number of nitrogens with one attached hydrogen (secondary N) is 1. The van der Waals surface area contributed by atoms with Gasteiger partial charge in [0.25, 0.3) is 0 Å². The molecule has 1 N–H and O–H groups in total. The van der Waals surface area contributed by atoms with Gasteiger partial charge in [0, 0.05) is 6.54 Å². The highest BCUT2D eigenvalue weighted by atomic mass is 14.9. The minimum atomic E-state index is 0.134. The zero-order valence-electron chi connectivity index (χ0n) is 9.09. The van der Waals surface area contributed by atoms with Gasteiger partial charge in [-0.05, 0) is 31.9 Å². The lowest BCUT2D eigenvalue weighted by atomic mass is 10.1. The van der Waals surface area contributed by atoms with Gasteiger partial charge in [-0.15, -0.1) is 6.42 Å². The van der Waals surface area contributed by atoms with Crippen molar-refractivity contribution < 1.29 is 0 Å². The maximum absolute atomic E-state index is 5.29. The molecule has 0 aliphatic rings. The Labute approximate surface area is 86.5 Å². The smallest absolute Gasteiger partial charge is 0.0660 e. The molecule has 74 valence electrons. The minimum absolute atomic E-state index is 0.134. The number of hydrogen-bond donors (Lipinski definition) is 1. The van der Waals surface area contributed by atoms with E-state index in [2.05, 4.69) is 43.3 Å². The summed E-state index contributed by atoms with van der Waals surface area (Å²) in [7, 11) is 0. The van der Waals surface area contributed by atoms with E-state index in [-0.39, 0.29) is 6.04 Å². The van der Waals surface area contributed by atoms with E-state index in [1.165, 1.54) is 16.7 Å². The van der Waals surface area contributed by atoms with Crippen molar-refractivity contribution in [1.29, 1.82) is 0 Å². The van der Waals surface area contributed by atoms with E-state index in [9.17, 15) is 0 Å². The highest BCUT2D eigenvalue weighted by molar-refractivity contribution is 5.30. The lowest BCUT2D eigenvalue weighted by Crippen LogP contribution is -2.23. The van der Waals surface area contributed by atoms with Crippen LogP contribution in [0.3, 0.4) is 0 Å². The molecule has 0 heterocycles. The molecule has 0 aliphatic carbocycles. The van der Waals surface area contributed by atoms with Crippen molar-refractivity contribution in [2.45, 2.75) is 33.4 Å². The maximum atomic E-state index is 5.29. The first-order valence-corrected chi connectivity index (χ1v) is 4.89. The topological polar surface area (TPSA) is 12.0 Å². The molecule has 0 radical (unpaired) electrons. The first-order valence-electron chi connectivity index (χ1n) is 4.89.